The third kappa shape index (κ3) is 11.6. The lowest BCUT2D eigenvalue weighted by molar-refractivity contribution is 0.173. The maximum Gasteiger partial charge on any atom is 0.218 e. The van der Waals surface area contributed by atoms with E-state index in [1.54, 1.807) is 0 Å². The second-order valence-corrected chi connectivity index (χ2v) is 3.03. The molecule has 0 spiro atoms. The largest absolute Gasteiger partial charge is 0.368 e. The first-order chi connectivity index (χ1) is 6.27. The summed E-state index contributed by atoms with van der Waals surface area (Å²) >= 11 is 0. The summed E-state index contributed by atoms with van der Waals surface area (Å²) in [6.07, 6.45) is 0. The quantitative estimate of drug-likeness (QED) is 0.367. The van der Waals surface area contributed by atoms with Crippen LogP contribution in [-0.4, -0.2) is 34.5 Å². The number of nitrogens with one attached hydrogen (secondary N) is 1. The van der Waals surface area contributed by atoms with Crippen LogP contribution in [-0.2, 0) is 4.74 Å². The summed E-state index contributed by atoms with van der Waals surface area (Å²) < 4.78 is 5.24. The Labute approximate surface area is 83.3 Å². The van der Waals surface area contributed by atoms with Crippen molar-refractivity contribution < 1.29 is 4.74 Å². The van der Waals surface area contributed by atoms with E-state index in [4.69, 9.17) is 4.74 Å². The van der Waals surface area contributed by atoms with Crippen LogP contribution in [0.5, 0.6) is 0 Å². The highest BCUT2D eigenvalue weighted by atomic mass is 16.5. The first-order valence-electron chi connectivity index (χ1n) is 4.68. The molecule has 0 aliphatic heterocycles. The van der Waals surface area contributed by atoms with Crippen molar-refractivity contribution in [1.82, 2.24) is 5.23 Å². The first kappa shape index (κ1) is 12.6. The molecule has 0 rings (SSSR count). The predicted octanol–water partition coefficient (Wildman–Crippen LogP) is 0.753. The molecule has 0 aliphatic carbocycles. The number of hydrogen-bond acceptors (Lipinski definition) is 2. The highest BCUT2D eigenvalue weighted by molar-refractivity contribution is 6.47. The van der Waals surface area contributed by atoms with E-state index in [1.165, 1.54) is 0 Å². The minimum absolute atomic E-state index is 0.522. The first-order valence-corrected chi connectivity index (χ1v) is 4.68. The molecule has 0 saturated carbocycles. The summed E-state index contributed by atoms with van der Waals surface area (Å²) in [4.78, 5) is 0. The minimum Gasteiger partial charge on any atom is -0.368 e. The average molecular weight is 177 g/mol. The van der Waals surface area contributed by atoms with Gasteiger partial charge in [-0.15, -0.1) is 0 Å². The van der Waals surface area contributed by atoms with Gasteiger partial charge < -0.3 is 9.96 Å². The summed E-state index contributed by atoms with van der Waals surface area (Å²) in [6, 6.07) is 0. The van der Waals surface area contributed by atoms with E-state index in [0.29, 0.717) is 19.0 Å². The van der Waals surface area contributed by atoms with Gasteiger partial charge in [0.15, 0.2) is 0 Å². The van der Waals surface area contributed by atoms with Gasteiger partial charge in [0, 0.05) is 6.54 Å². The van der Waals surface area contributed by atoms with Crippen LogP contribution in [0.25, 0.3) is 0 Å². The van der Waals surface area contributed by atoms with Crippen molar-refractivity contribution in [1.29, 1.82) is 0 Å². The Kier molecular flexibility index (Phi) is 9.41. The van der Waals surface area contributed by atoms with Crippen molar-refractivity contribution in [3.05, 3.63) is 0 Å². The van der Waals surface area contributed by atoms with Crippen LogP contribution in [0.2, 0.25) is 12.6 Å². The fraction of sp³-hybridized carbons (Fsp3) is 0.778. The molecule has 1 N–H and O–H groups in total. The van der Waals surface area contributed by atoms with Gasteiger partial charge in [0.05, 0.1) is 6.61 Å². The molecule has 0 aromatic rings. The highest BCUT2D eigenvalue weighted by Gasteiger charge is 1.89. The third-order valence-electron chi connectivity index (χ3n) is 1.29. The Bertz CT molecular complexity index is 163. The molecule has 2 radical (unpaired) electrons. The third-order valence-corrected chi connectivity index (χ3v) is 1.29. The monoisotopic (exact) mass is 177 g/mol. The van der Waals surface area contributed by atoms with Gasteiger partial charge in [0.1, 0.15) is 6.61 Å². The van der Waals surface area contributed by atoms with Crippen molar-refractivity contribution in [2.75, 3.05) is 19.8 Å². The SMILES string of the molecule is C[B]NCCOCC#C[B]C(C)C. The van der Waals surface area contributed by atoms with Crippen molar-refractivity contribution in [2.24, 2.45) is 0 Å². The molecule has 13 heavy (non-hydrogen) atoms. The van der Waals surface area contributed by atoms with E-state index >= 15 is 0 Å². The Morgan fingerprint density at radius 3 is 2.85 bits per heavy atom. The van der Waals surface area contributed by atoms with Crippen LogP contribution in [0.4, 0.5) is 0 Å². The van der Waals surface area contributed by atoms with Gasteiger partial charge in [-0.3, -0.25) is 0 Å². The zero-order valence-corrected chi connectivity index (χ0v) is 8.76. The molecule has 0 aliphatic rings. The molecular weight excluding hydrogens is 160 g/mol. The van der Waals surface area contributed by atoms with Gasteiger partial charge >= 0.3 is 0 Å². The molecule has 70 valence electrons. The summed E-state index contributed by atoms with van der Waals surface area (Å²) in [7, 11) is 3.88. The average Bonchev–Trinajstić information content (AvgIpc) is 2.09. The molecule has 0 unspecified atom stereocenters. The van der Waals surface area contributed by atoms with Crippen LogP contribution in [0.15, 0.2) is 0 Å². The fourth-order valence-electron chi connectivity index (χ4n) is 0.666. The lowest BCUT2D eigenvalue weighted by atomic mass is 9.67. The number of ether oxygens (including phenoxy) is 1. The zero-order valence-electron chi connectivity index (χ0n) is 8.76. The second-order valence-electron chi connectivity index (χ2n) is 3.03. The summed E-state index contributed by atoms with van der Waals surface area (Å²) in [5.74, 6) is 6.41. The standard InChI is InChI=1S/C9H17B2NO/c1-9(2)11-5-4-7-13-8-6-12-10-3/h9,12H,6-8H2,1-3H3. The van der Waals surface area contributed by atoms with Crippen LogP contribution in [0, 0.1) is 11.7 Å². The zero-order chi connectivity index (χ0) is 9.94. The summed E-state index contributed by atoms with van der Waals surface area (Å²) in [5.41, 5.74) is 0. The molecule has 0 amide bonds. The molecule has 2 nitrogen and oxygen atoms in total. The van der Waals surface area contributed by atoms with Crippen LogP contribution in [0.1, 0.15) is 13.8 Å². The Morgan fingerprint density at radius 2 is 2.23 bits per heavy atom. The maximum absolute atomic E-state index is 5.24. The fourth-order valence-corrected chi connectivity index (χ4v) is 0.666. The lowest BCUT2D eigenvalue weighted by Crippen LogP contribution is -2.21. The van der Waals surface area contributed by atoms with Crippen molar-refractivity contribution in [3.8, 4) is 11.7 Å². The predicted molar refractivity (Wildman–Crippen MR) is 59.1 cm³/mol. The second kappa shape index (κ2) is 9.70. The molecule has 0 heterocycles. The normalized spacial score (nSPS) is 9.23. The smallest absolute Gasteiger partial charge is 0.218 e. The Hall–Kier alpha value is -0.390. The Balaban J connectivity index is 3.09. The topological polar surface area (TPSA) is 21.3 Å². The molecular formula is C9H17B2NO. The van der Waals surface area contributed by atoms with Gasteiger partial charge in [0.2, 0.25) is 14.7 Å². The van der Waals surface area contributed by atoms with E-state index in [9.17, 15) is 0 Å². The van der Waals surface area contributed by atoms with E-state index in [2.05, 4.69) is 30.8 Å². The molecule has 0 atom stereocenters. The number of rotatable bonds is 6. The van der Waals surface area contributed by atoms with Crippen molar-refractivity contribution in [3.63, 3.8) is 0 Å². The molecule has 4 heteroatoms. The van der Waals surface area contributed by atoms with E-state index < -0.39 is 0 Å². The molecule has 0 aromatic carbocycles. The summed E-state index contributed by atoms with van der Waals surface area (Å²) in [5, 5.41) is 3.05. The van der Waals surface area contributed by atoms with Gasteiger partial charge in [-0.1, -0.05) is 32.4 Å². The van der Waals surface area contributed by atoms with E-state index in [1.807, 2.05) is 21.5 Å². The van der Waals surface area contributed by atoms with Crippen molar-refractivity contribution >= 4 is 14.7 Å². The molecule has 0 fully saturated rings. The van der Waals surface area contributed by atoms with E-state index in [0.717, 1.165) is 6.54 Å². The Morgan fingerprint density at radius 1 is 1.46 bits per heavy atom. The van der Waals surface area contributed by atoms with Crippen LogP contribution >= 0.6 is 0 Å². The summed E-state index contributed by atoms with van der Waals surface area (Å²) in [6.45, 7) is 8.26. The molecule has 0 bridgehead atoms. The minimum atomic E-state index is 0.522. The number of hydrogen-bond donors (Lipinski definition) is 1. The van der Waals surface area contributed by atoms with Crippen LogP contribution in [0.3, 0.4) is 0 Å². The van der Waals surface area contributed by atoms with Gasteiger partial charge in [-0.05, 0) is 0 Å². The van der Waals surface area contributed by atoms with Gasteiger partial charge in [-0.2, -0.15) is 5.82 Å². The van der Waals surface area contributed by atoms with Crippen LogP contribution < -0.4 is 5.23 Å². The van der Waals surface area contributed by atoms with Crippen molar-refractivity contribution in [2.45, 2.75) is 26.5 Å². The van der Waals surface area contributed by atoms with Gasteiger partial charge in [-0.25, -0.2) is 0 Å². The lowest BCUT2D eigenvalue weighted by Gasteiger charge is -1.99. The molecule has 0 saturated heterocycles. The van der Waals surface area contributed by atoms with Gasteiger partial charge in [0.25, 0.3) is 0 Å². The maximum atomic E-state index is 5.24. The highest BCUT2D eigenvalue weighted by Crippen LogP contribution is 1.93. The van der Waals surface area contributed by atoms with E-state index in [-0.39, 0.29) is 0 Å². The molecule has 0 aromatic heterocycles.